The fourth-order valence-electron chi connectivity index (χ4n) is 3.12. The van der Waals surface area contributed by atoms with Crippen molar-refractivity contribution in [2.24, 2.45) is 5.92 Å². The van der Waals surface area contributed by atoms with E-state index in [9.17, 15) is 4.79 Å². The van der Waals surface area contributed by atoms with Crippen LogP contribution in [0.25, 0.3) is 11.3 Å². The van der Waals surface area contributed by atoms with Crippen molar-refractivity contribution < 1.29 is 9.53 Å². The van der Waals surface area contributed by atoms with Crippen molar-refractivity contribution in [2.75, 3.05) is 43.5 Å². The molecule has 3 rings (SSSR count). The molecule has 1 aliphatic heterocycles. The average Bonchev–Trinajstić information content (AvgIpc) is 3.20. The average molecular weight is 369 g/mol. The second-order valence-corrected chi connectivity index (χ2v) is 6.67. The molecule has 27 heavy (non-hydrogen) atoms. The molecule has 1 saturated heterocycles. The molecule has 0 aliphatic carbocycles. The van der Waals surface area contributed by atoms with Crippen LogP contribution in [0.15, 0.2) is 30.3 Å². The Bertz CT molecular complexity index is 768. The summed E-state index contributed by atoms with van der Waals surface area (Å²) in [6.45, 7) is 7.89. The van der Waals surface area contributed by atoms with E-state index in [4.69, 9.17) is 10.5 Å². The summed E-state index contributed by atoms with van der Waals surface area (Å²) in [5, 5.41) is 2.98. The van der Waals surface area contributed by atoms with Crippen molar-refractivity contribution in [2.45, 2.75) is 20.3 Å². The monoisotopic (exact) mass is 369 g/mol. The number of rotatable bonds is 7. The summed E-state index contributed by atoms with van der Waals surface area (Å²) in [4.78, 5) is 23.3. The highest BCUT2D eigenvalue weighted by molar-refractivity contribution is 5.94. The number of nitrogens with zero attached hydrogens (tertiary/aromatic N) is 3. The lowest BCUT2D eigenvalue weighted by molar-refractivity contribution is 0.0945. The predicted molar refractivity (Wildman–Crippen MR) is 107 cm³/mol. The Labute approximate surface area is 159 Å². The molecule has 2 heterocycles. The lowest BCUT2D eigenvalue weighted by Crippen LogP contribution is -2.29. The van der Waals surface area contributed by atoms with Gasteiger partial charge in [-0.05, 0) is 32.4 Å². The van der Waals surface area contributed by atoms with Crippen molar-refractivity contribution in [3.8, 4) is 11.3 Å². The predicted octanol–water partition coefficient (Wildman–Crippen LogP) is 2.34. The topological polar surface area (TPSA) is 93.4 Å². The molecule has 0 radical (unpaired) electrons. The fraction of sp³-hybridized carbons (Fsp3) is 0.450. The number of anilines is 2. The second kappa shape index (κ2) is 8.81. The molecule has 1 aliphatic rings. The zero-order valence-electron chi connectivity index (χ0n) is 15.9. The van der Waals surface area contributed by atoms with Gasteiger partial charge in [-0.3, -0.25) is 4.79 Å². The molecule has 1 fully saturated rings. The van der Waals surface area contributed by atoms with Gasteiger partial charge in [0.15, 0.2) is 0 Å². The number of carbonyl (C=O) groups excluding carboxylic acids is 1. The number of nitrogens with two attached hydrogens (primary N) is 1. The van der Waals surface area contributed by atoms with E-state index in [2.05, 4.69) is 34.0 Å². The largest absolute Gasteiger partial charge is 0.384 e. The second-order valence-electron chi connectivity index (χ2n) is 6.67. The van der Waals surface area contributed by atoms with Crippen molar-refractivity contribution in [3.05, 3.63) is 35.9 Å². The number of aromatic nitrogens is 2. The van der Waals surface area contributed by atoms with Gasteiger partial charge in [-0.1, -0.05) is 12.1 Å². The number of carbonyl (C=O) groups is 1. The maximum absolute atomic E-state index is 12.3. The van der Waals surface area contributed by atoms with Crippen LogP contribution in [0.4, 0.5) is 11.8 Å². The Kier molecular flexibility index (Phi) is 6.24. The molecule has 0 spiro atoms. The summed E-state index contributed by atoms with van der Waals surface area (Å²) in [5.41, 5.74) is 8.25. The van der Waals surface area contributed by atoms with Crippen LogP contribution in [0.2, 0.25) is 0 Å². The lowest BCUT2D eigenvalue weighted by Gasteiger charge is -2.19. The van der Waals surface area contributed by atoms with E-state index in [1.54, 1.807) is 6.07 Å². The third-order valence-electron chi connectivity index (χ3n) is 4.80. The molecular formula is C20H27N5O2. The van der Waals surface area contributed by atoms with E-state index in [1.807, 2.05) is 24.3 Å². The minimum absolute atomic E-state index is 0.0699. The summed E-state index contributed by atoms with van der Waals surface area (Å²) >= 11 is 0. The third kappa shape index (κ3) is 4.74. The smallest absolute Gasteiger partial charge is 0.251 e. The van der Waals surface area contributed by atoms with Crippen LogP contribution in [0, 0.1) is 5.92 Å². The fourth-order valence-corrected chi connectivity index (χ4v) is 3.12. The summed E-state index contributed by atoms with van der Waals surface area (Å²) in [7, 11) is 0. The quantitative estimate of drug-likeness (QED) is 0.778. The SMILES string of the molecule is CCN(CC)c1nc(N)cc(-c2ccc(C(=O)NC[C@@H]3CCOC3)cc2)n1. The number of ether oxygens (including phenoxy) is 1. The van der Waals surface area contributed by atoms with E-state index in [0.29, 0.717) is 29.8 Å². The number of hydrogen-bond acceptors (Lipinski definition) is 6. The van der Waals surface area contributed by atoms with Crippen LogP contribution >= 0.6 is 0 Å². The first-order chi connectivity index (χ1) is 13.1. The maximum Gasteiger partial charge on any atom is 0.251 e. The van der Waals surface area contributed by atoms with Crippen molar-refractivity contribution in [3.63, 3.8) is 0 Å². The van der Waals surface area contributed by atoms with Gasteiger partial charge in [0.1, 0.15) is 5.82 Å². The number of hydrogen-bond donors (Lipinski definition) is 2. The van der Waals surface area contributed by atoms with Crippen LogP contribution in [0.1, 0.15) is 30.6 Å². The van der Waals surface area contributed by atoms with Gasteiger partial charge in [-0.15, -0.1) is 0 Å². The highest BCUT2D eigenvalue weighted by Gasteiger charge is 2.17. The number of nitrogen functional groups attached to an aromatic ring is 1. The lowest BCUT2D eigenvalue weighted by atomic mass is 10.1. The van der Waals surface area contributed by atoms with Crippen LogP contribution in [-0.4, -0.2) is 48.7 Å². The third-order valence-corrected chi connectivity index (χ3v) is 4.80. The highest BCUT2D eigenvalue weighted by Crippen LogP contribution is 2.22. The van der Waals surface area contributed by atoms with Gasteiger partial charge >= 0.3 is 0 Å². The molecule has 2 aromatic rings. The molecule has 0 unspecified atom stereocenters. The van der Waals surface area contributed by atoms with Crippen LogP contribution in [-0.2, 0) is 4.74 Å². The Morgan fingerprint density at radius 2 is 2.00 bits per heavy atom. The molecule has 1 aromatic carbocycles. The molecule has 7 nitrogen and oxygen atoms in total. The van der Waals surface area contributed by atoms with Gasteiger partial charge < -0.3 is 20.7 Å². The zero-order chi connectivity index (χ0) is 19.2. The first-order valence-corrected chi connectivity index (χ1v) is 9.46. The van der Waals surface area contributed by atoms with Gasteiger partial charge in [0.2, 0.25) is 5.95 Å². The van der Waals surface area contributed by atoms with Crippen molar-refractivity contribution >= 4 is 17.7 Å². The molecule has 0 saturated carbocycles. The Balaban J connectivity index is 1.72. The molecule has 1 aromatic heterocycles. The first-order valence-electron chi connectivity index (χ1n) is 9.46. The van der Waals surface area contributed by atoms with E-state index in [-0.39, 0.29) is 5.91 Å². The number of nitrogens with one attached hydrogen (secondary N) is 1. The van der Waals surface area contributed by atoms with Gasteiger partial charge in [0, 0.05) is 49.4 Å². The molecular weight excluding hydrogens is 342 g/mol. The highest BCUT2D eigenvalue weighted by atomic mass is 16.5. The molecule has 1 amide bonds. The van der Waals surface area contributed by atoms with E-state index in [0.717, 1.165) is 44.0 Å². The van der Waals surface area contributed by atoms with Gasteiger partial charge in [-0.2, -0.15) is 4.98 Å². The van der Waals surface area contributed by atoms with Crippen LogP contribution in [0.3, 0.4) is 0 Å². The van der Waals surface area contributed by atoms with Gasteiger partial charge in [0.05, 0.1) is 12.3 Å². The molecule has 144 valence electrons. The zero-order valence-corrected chi connectivity index (χ0v) is 15.9. The van der Waals surface area contributed by atoms with Gasteiger partial charge in [-0.25, -0.2) is 4.98 Å². The van der Waals surface area contributed by atoms with Crippen molar-refractivity contribution in [1.82, 2.24) is 15.3 Å². The van der Waals surface area contributed by atoms with E-state index < -0.39 is 0 Å². The Morgan fingerprint density at radius 3 is 2.63 bits per heavy atom. The molecule has 0 bridgehead atoms. The summed E-state index contributed by atoms with van der Waals surface area (Å²) in [6.07, 6.45) is 1.00. The number of benzene rings is 1. The standard InChI is InChI=1S/C20H27N5O2/c1-3-25(4-2)20-23-17(11-18(21)24-20)15-5-7-16(8-6-15)19(26)22-12-14-9-10-27-13-14/h5-8,11,14H,3-4,9-10,12-13H2,1-2H3,(H,22,26)(H2,21,23,24)/t14-/m0/s1. The first kappa shape index (κ1) is 19.1. The summed E-state index contributed by atoms with van der Waals surface area (Å²) < 4.78 is 5.34. The van der Waals surface area contributed by atoms with Crippen molar-refractivity contribution in [1.29, 1.82) is 0 Å². The summed E-state index contributed by atoms with van der Waals surface area (Å²) in [5.74, 6) is 1.40. The Hall–Kier alpha value is -2.67. The normalized spacial score (nSPS) is 16.3. The van der Waals surface area contributed by atoms with Crippen LogP contribution < -0.4 is 16.0 Å². The van der Waals surface area contributed by atoms with Gasteiger partial charge in [0.25, 0.3) is 5.91 Å². The Morgan fingerprint density at radius 1 is 1.26 bits per heavy atom. The van der Waals surface area contributed by atoms with Crippen LogP contribution in [0.5, 0.6) is 0 Å². The minimum atomic E-state index is -0.0699. The van der Waals surface area contributed by atoms with E-state index in [1.165, 1.54) is 0 Å². The maximum atomic E-state index is 12.3. The minimum Gasteiger partial charge on any atom is -0.384 e. The van der Waals surface area contributed by atoms with E-state index >= 15 is 0 Å². The molecule has 3 N–H and O–H groups in total. The molecule has 1 atom stereocenters. The number of amides is 1. The summed E-state index contributed by atoms with van der Waals surface area (Å²) in [6, 6.07) is 9.15. The molecule has 7 heteroatoms.